The van der Waals surface area contributed by atoms with Gasteiger partial charge in [-0.1, -0.05) is 84.9 Å². The third-order valence-corrected chi connectivity index (χ3v) is 6.40. The van der Waals surface area contributed by atoms with E-state index in [9.17, 15) is 4.79 Å². The van der Waals surface area contributed by atoms with Crippen LogP contribution in [-0.2, 0) is 24.5 Å². The molecule has 0 atom stereocenters. The molecule has 0 aromatic heterocycles. The van der Waals surface area contributed by atoms with Crippen molar-refractivity contribution in [3.63, 3.8) is 0 Å². The SMILES string of the molecule is C/C=C\CO/C(=C\C/C=C/C)C(CC)(CC)c1ccc(OCC(=O)C(C)(C)C)c(C(C)C)c1.COC=O. The minimum Gasteiger partial charge on any atom is -0.493 e. The Morgan fingerprint density at radius 3 is 2.08 bits per heavy atom. The van der Waals surface area contributed by atoms with Crippen LogP contribution >= 0.6 is 0 Å². The highest BCUT2D eigenvalue weighted by Crippen LogP contribution is 2.42. The average molecular weight is 515 g/mol. The monoisotopic (exact) mass is 514 g/mol. The van der Waals surface area contributed by atoms with Crippen LogP contribution < -0.4 is 4.74 Å². The molecule has 0 N–H and O–H groups in total. The maximum Gasteiger partial charge on any atom is 0.292 e. The van der Waals surface area contributed by atoms with E-state index in [1.165, 1.54) is 12.7 Å². The minimum absolute atomic E-state index is 0.0935. The second-order valence-corrected chi connectivity index (χ2v) is 10.2. The molecule has 208 valence electrons. The van der Waals surface area contributed by atoms with Gasteiger partial charge in [0, 0.05) is 5.41 Å². The number of carbonyl (C=O) groups is 2. The molecule has 0 radical (unpaired) electrons. The number of carbonyl (C=O) groups excluding carboxylic acids is 2. The fourth-order valence-electron chi connectivity index (χ4n) is 3.88. The Hall–Kier alpha value is -2.82. The molecule has 37 heavy (non-hydrogen) atoms. The molecule has 1 rings (SSSR count). The number of ether oxygens (including phenoxy) is 3. The number of ketones is 1. The van der Waals surface area contributed by atoms with Crippen LogP contribution in [0, 0.1) is 5.41 Å². The Morgan fingerprint density at radius 2 is 1.62 bits per heavy atom. The molecule has 0 unspecified atom stereocenters. The predicted octanol–water partition coefficient (Wildman–Crippen LogP) is 8.09. The van der Waals surface area contributed by atoms with Crippen LogP contribution in [0.5, 0.6) is 5.75 Å². The van der Waals surface area contributed by atoms with E-state index in [0.29, 0.717) is 13.1 Å². The lowest BCUT2D eigenvalue weighted by Gasteiger charge is -2.35. The quantitative estimate of drug-likeness (QED) is 0.143. The van der Waals surface area contributed by atoms with Gasteiger partial charge in [0.25, 0.3) is 6.47 Å². The van der Waals surface area contributed by atoms with E-state index in [2.05, 4.69) is 62.8 Å². The van der Waals surface area contributed by atoms with Crippen molar-refractivity contribution in [1.29, 1.82) is 0 Å². The second-order valence-electron chi connectivity index (χ2n) is 10.2. The van der Waals surface area contributed by atoms with E-state index in [0.717, 1.165) is 36.3 Å². The van der Waals surface area contributed by atoms with Gasteiger partial charge in [-0.3, -0.25) is 9.59 Å². The van der Waals surface area contributed by atoms with E-state index in [1.807, 2.05) is 52.8 Å². The minimum atomic E-state index is -0.408. The van der Waals surface area contributed by atoms with Crippen molar-refractivity contribution < 1.29 is 23.8 Å². The van der Waals surface area contributed by atoms with Crippen LogP contribution in [0.1, 0.15) is 98.6 Å². The average Bonchev–Trinajstić information content (AvgIpc) is 2.87. The lowest BCUT2D eigenvalue weighted by molar-refractivity contribution is -0.128. The predicted molar refractivity (Wildman–Crippen MR) is 154 cm³/mol. The Kier molecular flexibility index (Phi) is 16.3. The summed E-state index contributed by atoms with van der Waals surface area (Å²) >= 11 is 0. The van der Waals surface area contributed by atoms with E-state index in [4.69, 9.17) is 14.3 Å². The van der Waals surface area contributed by atoms with Gasteiger partial charge in [0.1, 0.15) is 24.7 Å². The number of hydrogen-bond donors (Lipinski definition) is 0. The van der Waals surface area contributed by atoms with Crippen LogP contribution in [0.4, 0.5) is 0 Å². The zero-order chi connectivity index (χ0) is 28.5. The second kappa shape index (κ2) is 17.6. The summed E-state index contributed by atoms with van der Waals surface area (Å²) in [7, 11) is 1.31. The smallest absolute Gasteiger partial charge is 0.292 e. The number of allylic oxidation sites excluding steroid dienone is 5. The normalized spacial score (nSPS) is 12.5. The van der Waals surface area contributed by atoms with Crippen LogP contribution in [-0.4, -0.2) is 32.6 Å². The maximum atomic E-state index is 12.4. The van der Waals surface area contributed by atoms with E-state index in [1.54, 1.807) is 0 Å². The molecule has 0 saturated carbocycles. The Morgan fingerprint density at radius 1 is 1.03 bits per heavy atom. The van der Waals surface area contributed by atoms with Crippen LogP contribution in [0.15, 0.2) is 54.3 Å². The molecule has 1 aromatic carbocycles. The van der Waals surface area contributed by atoms with Gasteiger partial charge in [-0.05, 0) is 62.3 Å². The van der Waals surface area contributed by atoms with Crippen molar-refractivity contribution in [3.05, 3.63) is 65.5 Å². The molecular formula is C32H50O5. The van der Waals surface area contributed by atoms with Gasteiger partial charge in [-0.25, -0.2) is 0 Å². The molecule has 0 aliphatic rings. The van der Waals surface area contributed by atoms with Gasteiger partial charge >= 0.3 is 0 Å². The zero-order valence-corrected chi connectivity index (χ0v) is 24.9. The molecule has 0 fully saturated rings. The first kappa shape index (κ1) is 34.2. The summed E-state index contributed by atoms with van der Waals surface area (Å²) in [6.45, 7) is 19.7. The van der Waals surface area contributed by atoms with E-state index >= 15 is 0 Å². The summed E-state index contributed by atoms with van der Waals surface area (Å²) in [5, 5.41) is 0. The number of benzene rings is 1. The van der Waals surface area contributed by atoms with Crippen molar-refractivity contribution in [2.75, 3.05) is 20.3 Å². The lowest BCUT2D eigenvalue weighted by atomic mass is 9.73. The number of rotatable bonds is 14. The van der Waals surface area contributed by atoms with Crippen LogP contribution in [0.2, 0.25) is 0 Å². The number of hydrogen-bond acceptors (Lipinski definition) is 5. The van der Waals surface area contributed by atoms with Crippen molar-refractivity contribution in [3.8, 4) is 5.75 Å². The fraction of sp³-hybridized carbons (Fsp3) is 0.562. The lowest BCUT2D eigenvalue weighted by Crippen LogP contribution is -2.29. The van der Waals surface area contributed by atoms with Gasteiger partial charge in [0.05, 0.1) is 12.5 Å². The summed E-state index contributed by atoms with van der Waals surface area (Å²) < 4.78 is 16.2. The van der Waals surface area contributed by atoms with Gasteiger partial charge in [-0.15, -0.1) is 0 Å². The first-order valence-electron chi connectivity index (χ1n) is 13.3. The highest BCUT2D eigenvalue weighted by Gasteiger charge is 2.35. The summed E-state index contributed by atoms with van der Waals surface area (Å²) in [6.07, 6.45) is 13.2. The van der Waals surface area contributed by atoms with Crippen molar-refractivity contribution in [2.45, 2.75) is 92.9 Å². The van der Waals surface area contributed by atoms with Gasteiger partial charge in [-0.2, -0.15) is 0 Å². The van der Waals surface area contributed by atoms with Gasteiger partial charge in [0.2, 0.25) is 0 Å². The maximum absolute atomic E-state index is 12.4. The van der Waals surface area contributed by atoms with Crippen LogP contribution in [0.25, 0.3) is 0 Å². The molecule has 0 spiro atoms. The summed E-state index contributed by atoms with van der Waals surface area (Å²) in [4.78, 5) is 21.4. The third kappa shape index (κ3) is 11.0. The van der Waals surface area contributed by atoms with Crippen molar-refractivity contribution >= 4 is 12.3 Å². The third-order valence-electron chi connectivity index (χ3n) is 6.40. The van der Waals surface area contributed by atoms with E-state index < -0.39 is 5.41 Å². The number of methoxy groups -OCH3 is 1. The Bertz CT molecular complexity index is 896. The van der Waals surface area contributed by atoms with Crippen LogP contribution in [0.3, 0.4) is 0 Å². The molecule has 0 heterocycles. The largest absolute Gasteiger partial charge is 0.493 e. The molecule has 0 saturated heterocycles. The van der Waals surface area contributed by atoms with Gasteiger partial charge in [0.15, 0.2) is 5.78 Å². The molecule has 1 aromatic rings. The van der Waals surface area contributed by atoms with Gasteiger partial charge < -0.3 is 14.2 Å². The first-order valence-corrected chi connectivity index (χ1v) is 13.3. The molecule has 5 heteroatoms. The molecule has 0 aliphatic carbocycles. The van der Waals surface area contributed by atoms with Crippen molar-refractivity contribution in [1.82, 2.24) is 0 Å². The van der Waals surface area contributed by atoms with Crippen molar-refractivity contribution in [2.24, 2.45) is 5.41 Å². The molecular weight excluding hydrogens is 464 g/mol. The first-order chi connectivity index (χ1) is 17.5. The molecule has 0 bridgehead atoms. The van der Waals surface area contributed by atoms with E-state index in [-0.39, 0.29) is 23.7 Å². The Balaban J connectivity index is 0.00000300. The number of Topliss-reactive ketones (excluding diaryl/α,β-unsaturated/α-hetero) is 1. The fourth-order valence-corrected chi connectivity index (χ4v) is 3.88. The zero-order valence-electron chi connectivity index (χ0n) is 24.9. The Labute approximate surface area is 226 Å². The highest BCUT2D eigenvalue weighted by molar-refractivity contribution is 5.85. The molecule has 0 amide bonds. The topological polar surface area (TPSA) is 61.8 Å². The summed E-state index contributed by atoms with van der Waals surface area (Å²) in [5.74, 6) is 2.19. The standard InChI is InChI=1S/C30H46O3.C2H4O2/c1-10-14-16-17-28(32-20-15-11-2)30(12-3,13-4)24-18-19-26(25(21-24)23(5)6)33-22-27(31)29(7,8)9;1-4-2-3/h10-11,14-15,17-19,21,23H,12-13,16,20,22H2,1-9H3;2H,1H3/b14-10+,15-11-,28-17-;. The molecule has 0 aliphatic heterocycles. The molecule has 5 nitrogen and oxygen atoms in total. The summed E-state index contributed by atoms with van der Waals surface area (Å²) in [5.41, 5.74) is 1.74. The summed E-state index contributed by atoms with van der Waals surface area (Å²) in [6, 6.07) is 6.45. The highest BCUT2D eigenvalue weighted by atomic mass is 16.5.